The van der Waals surface area contributed by atoms with E-state index < -0.39 is 0 Å². The van der Waals surface area contributed by atoms with Gasteiger partial charge in [-0.25, -0.2) is 0 Å². The number of aliphatic imine (C=N–C) groups is 1. The van der Waals surface area contributed by atoms with Crippen LogP contribution in [-0.4, -0.2) is 56.8 Å². The summed E-state index contributed by atoms with van der Waals surface area (Å²) >= 11 is 0. The fourth-order valence-electron chi connectivity index (χ4n) is 2.86. The molecule has 0 fully saturated rings. The standard InChI is InChI=1S/C20H34N4O2/c1-4-21-20(22-12-7-8-13-24(5-2)6-3)23-17-10-11-18-19(16-17)26-15-9-14-25-18/h10-11,16H,4-9,12-15H2,1-3H3,(H2,21,22,23). The van der Waals surface area contributed by atoms with Crippen molar-refractivity contribution in [2.45, 2.75) is 40.0 Å². The molecule has 6 heteroatoms. The molecule has 0 amide bonds. The molecule has 26 heavy (non-hydrogen) atoms. The second-order valence-corrected chi connectivity index (χ2v) is 6.33. The summed E-state index contributed by atoms with van der Waals surface area (Å²) in [5, 5.41) is 6.67. The van der Waals surface area contributed by atoms with Gasteiger partial charge in [-0.15, -0.1) is 0 Å². The molecular weight excluding hydrogens is 328 g/mol. The third kappa shape index (κ3) is 6.75. The summed E-state index contributed by atoms with van der Waals surface area (Å²) in [7, 11) is 0. The van der Waals surface area contributed by atoms with Crippen molar-refractivity contribution in [3.05, 3.63) is 18.2 Å². The Hall–Kier alpha value is -1.95. The Morgan fingerprint density at radius 2 is 1.85 bits per heavy atom. The van der Waals surface area contributed by atoms with Gasteiger partial charge in [0.15, 0.2) is 17.5 Å². The number of rotatable bonds is 9. The van der Waals surface area contributed by atoms with Crippen LogP contribution in [0.3, 0.4) is 0 Å². The second kappa shape index (κ2) is 11.6. The number of nitrogens with zero attached hydrogens (tertiary/aromatic N) is 2. The first-order chi connectivity index (χ1) is 12.8. The predicted molar refractivity (Wildman–Crippen MR) is 109 cm³/mol. The Kier molecular flexibility index (Phi) is 9.10. The van der Waals surface area contributed by atoms with E-state index in [1.165, 1.54) is 6.42 Å². The summed E-state index contributed by atoms with van der Waals surface area (Å²) in [6.07, 6.45) is 3.18. The van der Waals surface area contributed by atoms with Crippen LogP contribution in [-0.2, 0) is 0 Å². The number of benzene rings is 1. The summed E-state index contributed by atoms with van der Waals surface area (Å²) < 4.78 is 11.4. The van der Waals surface area contributed by atoms with Gasteiger partial charge >= 0.3 is 0 Å². The van der Waals surface area contributed by atoms with Gasteiger partial charge in [-0.3, -0.25) is 4.99 Å². The molecule has 0 aliphatic carbocycles. The molecule has 6 nitrogen and oxygen atoms in total. The van der Waals surface area contributed by atoms with E-state index in [0.29, 0.717) is 13.2 Å². The van der Waals surface area contributed by atoms with Crippen molar-refractivity contribution in [3.8, 4) is 11.5 Å². The lowest BCUT2D eigenvalue weighted by atomic mass is 10.2. The molecule has 0 saturated heterocycles. The predicted octanol–water partition coefficient (Wildman–Crippen LogP) is 3.35. The second-order valence-electron chi connectivity index (χ2n) is 6.33. The minimum atomic E-state index is 0.692. The molecule has 2 rings (SSSR count). The molecule has 0 bridgehead atoms. The molecule has 0 atom stereocenters. The van der Waals surface area contributed by atoms with E-state index >= 15 is 0 Å². The zero-order valence-corrected chi connectivity index (χ0v) is 16.5. The molecule has 1 aromatic carbocycles. The van der Waals surface area contributed by atoms with Gasteiger partial charge in [0, 0.05) is 31.3 Å². The Bertz CT molecular complexity index is 559. The van der Waals surface area contributed by atoms with Crippen LogP contribution in [0.1, 0.15) is 40.0 Å². The van der Waals surface area contributed by atoms with Gasteiger partial charge in [0.2, 0.25) is 0 Å². The first kappa shape index (κ1) is 20.4. The molecule has 0 radical (unpaired) electrons. The van der Waals surface area contributed by atoms with Crippen LogP contribution < -0.4 is 20.1 Å². The number of hydrogen-bond donors (Lipinski definition) is 2. The summed E-state index contributed by atoms with van der Waals surface area (Å²) in [6.45, 7) is 12.9. The average molecular weight is 363 g/mol. The number of hydrogen-bond acceptors (Lipinski definition) is 4. The van der Waals surface area contributed by atoms with Crippen molar-refractivity contribution < 1.29 is 9.47 Å². The first-order valence-electron chi connectivity index (χ1n) is 9.94. The number of fused-ring (bicyclic) bond motifs is 1. The lowest BCUT2D eigenvalue weighted by Gasteiger charge is -2.17. The fourth-order valence-corrected chi connectivity index (χ4v) is 2.86. The molecule has 0 spiro atoms. The fraction of sp³-hybridized carbons (Fsp3) is 0.650. The summed E-state index contributed by atoms with van der Waals surface area (Å²) in [6, 6.07) is 5.94. The quantitative estimate of drug-likeness (QED) is 0.401. The van der Waals surface area contributed by atoms with Gasteiger partial charge in [0.25, 0.3) is 0 Å². The Morgan fingerprint density at radius 3 is 2.58 bits per heavy atom. The molecule has 1 heterocycles. The molecule has 0 saturated carbocycles. The molecule has 1 aliphatic rings. The topological polar surface area (TPSA) is 58.1 Å². The van der Waals surface area contributed by atoms with E-state index in [4.69, 9.17) is 14.5 Å². The molecule has 0 unspecified atom stereocenters. The maximum atomic E-state index is 5.76. The van der Waals surface area contributed by atoms with E-state index in [-0.39, 0.29) is 0 Å². The molecule has 1 aromatic rings. The SMILES string of the molecule is CCNC(=NCCCCN(CC)CC)Nc1ccc2c(c1)OCCCO2. The summed E-state index contributed by atoms with van der Waals surface area (Å²) in [4.78, 5) is 7.14. The smallest absolute Gasteiger partial charge is 0.195 e. The molecule has 146 valence electrons. The number of anilines is 1. The zero-order chi connectivity index (χ0) is 18.6. The van der Waals surface area contributed by atoms with Gasteiger partial charge in [-0.05, 0) is 51.5 Å². The molecule has 0 aromatic heterocycles. The highest BCUT2D eigenvalue weighted by Crippen LogP contribution is 2.32. The van der Waals surface area contributed by atoms with Crippen LogP contribution in [0.5, 0.6) is 11.5 Å². The van der Waals surface area contributed by atoms with Crippen LogP contribution in [0.4, 0.5) is 5.69 Å². The third-order valence-corrected chi connectivity index (χ3v) is 4.40. The largest absolute Gasteiger partial charge is 0.490 e. The van der Waals surface area contributed by atoms with Gasteiger partial charge in [0.1, 0.15) is 0 Å². The minimum absolute atomic E-state index is 0.692. The van der Waals surface area contributed by atoms with E-state index in [2.05, 4.69) is 36.3 Å². The maximum Gasteiger partial charge on any atom is 0.195 e. The number of ether oxygens (including phenoxy) is 2. The van der Waals surface area contributed by atoms with Crippen molar-refractivity contribution in [2.75, 3.05) is 51.3 Å². The number of nitrogens with one attached hydrogen (secondary N) is 2. The molecular formula is C20H34N4O2. The van der Waals surface area contributed by atoms with Gasteiger partial charge in [-0.2, -0.15) is 0 Å². The maximum absolute atomic E-state index is 5.76. The van der Waals surface area contributed by atoms with Crippen molar-refractivity contribution >= 4 is 11.6 Å². The van der Waals surface area contributed by atoms with E-state index in [1.54, 1.807) is 0 Å². The zero-order valence-electron chi connectivity index (χ0n) is 16.5. The third-order valence-electron chi connectivity index (χ3n) is 4.40. The Labute approximate surface area is 158 Å². The van der Waals surface area contributed by atoms with Gasteiger partial charge < -0.3 is 25.0 Å². The average Bonchev–Trinajstić information content (AvgIpc) is 2.89. The summed E-state index contributed by atoms with van der Waals surface area (Å²) in [5.41, 5.74) is 0.956. The van der Waals surface area contributed by atoms with Crippen molar-refractivity contribution in [1.82, 2.24) is 10.2 Å². The van der Waals surface area contributed by atoms with Gasteiger partial charge in [0.05, 0.1) is 13.2 Å². The Morgan fingerprint density at radius 1 is 1.08 bits per heavy atom. The van der Waals surface area contributed by atoms with Crippen molar-refractivity contribution in [1.29, 1.82) is 0 Å². The number of unbranched alkanes of at least 4 members (excludes halogenated alkanes) is 1. The minimum Gasteiger partial charge on any atom is -0.490 e. The molecule has 2 N–H and O–H groups in total. The van der Waals surface area contributed by atoms with E-state index in [9.17, 15) is 0 Å². The highest BCUT2D eigenvalue weighted by atomic mass is 16.5. The first-order valence-corrected chi connectivity index (χ1v) is 9.94. The van der Waals surface area contributed by atoms with Crippen LogP contribution >= 0.6 is 0 Å². The highest BCUT2D eigenvalue weighted by molar-refractivity contribution is 5.93. The van der Waals surface area contributed by atoms with E-state index in [1.807, 2.05) is 18.2 Å². The van der Waals surface area contributed by atoms with Crippen LogP contribution in [0.15, 0.2) is 23.2 Å². The van der Waals surface area contributed by atoms with Crippen LogP contribution in [0.2, 0.25) is 0 Å². The lowest BCUT2D eigenvalue weighted by molar-refractivity contribution is 0.297. The monoisotopic (exact) mass is 362 g/mol. The normalized spacial score (nSPS) is 14.2. The van der Waals surface area contributed by atoms with Crippen LogP contribution in [0.25, 0.3) is 0 Å². The lowest BCUT2D eigenvalue weighted by Crippen LogP contribution is -2.30. The molecule has 1 aliphatic heterocycles. The number of guanidine groups is 1. The summed E-state index contributed by atoms with van der Waals surface area (Å²) in [5.74, 6) is 2.42. The van der Waals surface area contributed by atoms with Gasteiger partial charge in [-0.1, -0.05) is 13.8 Å². The Balaban J connectivity index is 1.87. The highest BCUT2D eigenvalue weighted by Gasteiger charge is 2.11. The van der Waals surface area contributed by atoms with Crippen molar-refractivity contribution in [3.63, 3.8) is 0 Å². The van der Waals surface area contributed by atoms with Crippen molar-refractivity contribution in [2.24, 2.45) is 4.99 Å². The van der Waals surface area contributed by atoms with Crippen LogP contribution in [0, 0.1) is 0 Å². The van der Waals surface area contributed by atoms with E-state index in [0.717, 1.165) is 68.7 Å².